The number of rotatable bonds is 1. The van der Waals surface area contributed by atoms with Crippen molar-refractivity contribution in [2.24, 2.45) is 0 Å². The van der Waals surface area contributed by atoms with Gasteiger partial charge in [0.15, 0.2) is 12.6 Å². The fourth-order valence-corrected chi connectivity index (χ4v) is 1.000. The van der Waals surface area contributed by atoms with Gasteiger partial charge in [0.25, 0.3) is 0 Å². The molecular formula is C6H10O6. The predicted octanol–water partition coefficient (Wildman–Crippen LogP) is -3.01. The third kappa shape index (κ3) is 1.47. The molecule has 1 heterocycles. The van der Waals surface area contributed by atoms with E-state index in [9.17, 15) is 4.79 Å². The molecule has 1 aliphatic heterocycles. The highest BCUT2D eigenvalue weighted by atomic mass is 16.6. The van der Waals surface area contributed by atoms with Crippen molar-refractivity contribution in [2.75, 3.05) is 0 Å². The van der Waals surface area contributed by atoms with E-state index < -0.39 is 30.7 Å². The summed E-state index contributed by atoms with van der Waals surface area (Å²) in [5, 5.41) is 35.9. The number of carbonyl (C=O) groups is 1. The second-order valence-electron chi connectivity index (χ2n) is 2.60. The van der Waals surface area contributed by atoms with Crippen LogP contribution in [-0.4, -0.2) is 57.4 Å². The molecule has 1 fully saturated rings. The molecule has 5 atom stereocenters. The van der Waals surface area contributed by atoms with Crippen LogP contribution in [0.3, 0.4) is 0 Å². The van der Waals surface area contributed by atoms with Crippen LogP contribution in [0.15, 0.2) is 0 Å². The SMILES string of the molecule is O=CC1O[C@@H](O)[C@@H](O)[C@@H](O)[C@H]1O. The Bertz CT molecular complexity index is 171. The summed E-state index contributed by atoms with van der Waals surface area (Å²) in [6.45, 7) is 0. The minimum Gasteiger partial charge on any atom is -0.387 e. The second-order valence-corrected chi connectivity index (χ2v) is 2.60. The van der Waals surface area contributed by atoms with Crippen LogP contribution in [0.25, 0.3) is 0 Å². The van der Waals surface area contributed by atoms with Gasteiger partial charge in [0.2, 0.25) is 0 Å². The van der Waals surface area contributed by atoms with Crippen molar-refractivity contribution in [3.05, 3.63) is 0 Å². The molecule has 0 aliphatic carbocycles. The molecule has 1 rings (SSSR count). The van der Waals surface area contributed by atoms with Crippen molar-refractivity contribution in [2.45, 2.75) is 30.7 Å². The van der Waals surface area contributed by atoms with Gasteiger partial charge in [-0.25, -0.2) is 0 Å². The Labute approximate surface area is 68.0 Å². The number of carbonyl (C=O) groups excluding carboxylic acids is 1. The lowest BCUT2D eigenvalue weighted by molar-refractivity contribution is -0.272. The molecule has 12 heavy (non-hydrogen) atoms. The van der Waals surface area contributed by atoms with Crippen molar-refractivity contribution in [1.29, 1.82) is 0 Å². The molecule has 0 radical (unpaired) electrons. The van der Waals surface area contributed by atoms with Crippen molar-refractivity contribution in [3.8, 4) is 0 Å². The monoisotopic (exact) mass is 178 g/mol. The summed E-state index contributed by atoms with van der Waals surface area (Å²) in [5.74, 6) is 0. The van der Waals surface area contributed by atoms with Crippen LogP contribution in [0.2, 0.25) is 0 Å². The molecule has 0 bridgehead atoms. The zero-order chi connectivity index (χ0) is 9.30. The van der Waals surface area contributed by atoms with Crippen molar-refractivity contribution >= 4 is 6.29 Å². The first-order chi connectivity index (χ1) is 5.57. The lowest BCUT2D eigenvalue weighted by atomic mass is 10.00. The van der Waals surface area contributed by atoms with Gasteiger partial charge >= 0.3 is 0 Å². The molecule has 0 aromatic carbocycles. The maximum Gasteiger partial charge on any atom is 0.184 e. The third-order valence-electron chi connectivity index (χ3n) is 1.76. The van der Waals surface area contributed by atoms with Gasteiger partial charge in [0, 0.05) is 0 Å². The average Bonchev–Trinajstić information content (AvgIpc) is 2.08. The standard InChI is InChI=1S/C6H10O6/c7-1-2-3(8)4(9)5(10)6(11)12-2/h1-6,8-11H/t2?,3-,4-,5-,6+/m0/s1. The Hall–Kier alpha value is -0.530. The summed E-state index contributed by atoms with van der Waals surface area (Å²) in [6.07, 6.45) is -7.33. The lowest BCUT2D eigenvalue weighted by Gasteiger charge is -2.35. The second kappa shape index (κ2) is 3.46. The van der Waals surface area contributed by atoms with E-state index in [4.69, 9.17) is 20.4 Å². The highest BCUT2D eigenvalue weighted by Gasteiger charge is 2.42. The van der Waals surface area contributed by atoms with Gasteiger partial charge in [-0.3, -0.25) is 0 Å². The Morgan fingerprint density at radius 2 is 1.58 bits per heavy atom. The quantitative estimate of drug-likeness (QED) is 0.318. The van der Waals surface area contributed by atoms with Crippen molar-refractivity contribution < 1.29 is 30.0 Å². The molecule has 1 aliphatic rings. The van der Waals surface area contributed by atoms with E-state index in [-0.39, 0.29) is 6.29 Å². The normalized spacial score (nSPS) is 48.8. The summed E-state index contributed by atoms with van der Waals surface area (Å²) in [6, 6.07) is 0. The molecule has 1 saturated heterocycles. The van der Waals surface area contributed by atoms with Crippen LogP contribution in [0.5, 0.6) is 0 Å². The molecule has 0 saturated carbocycles. The molecule has 0 spiro atoms. The Morgan fingerprint density at radius 1 is 1.00 bits per heavy atom. The highest BCUT2D eigenvalue weighted by molar-refractivity contribution is 5.57. The number of aldehydes is 1. The van der Waals surface area contributed by atoms with Gasteiger partial charge in [0.05, 0.1) is 0 Å². The van der Waals surface area contributed by atoms with E-state index in [0.717, 1.165) is 0 Å². The van der Waals surface area contributed by atoms with Crippen LogP contribution >= 0.6 is 0 Å². The van der Waals surface area contributed by atoms with Gasteiger partial charge in [-0.05, 0) is 0 Å². The first-order valence-electron chi connectivity index (χ1n) is 3.41. The van der Waals surface area contributed by atoms with E-state index in [1.165, 1.54) is 0 Å². The first kappa shape index (κ1) is 9.56. The number of ether oxygens (including phenoxy) is 1. The summed E-state index contributed by atoms with van der Waals surface area (Å²) in [5.41, 5.74) is 0. The number of hydrogen-bond acceptors (Lipinski definition) is 6. The maximum atomic E-state index is 10.2. The Morgan fingerprint density at radius 3 is 2.08 bits per heavy atom. The van der Waals surface area contributed by atoms with Crippen LogP contribution in [0.1, 0.15) is 0 Å². The molecule has 0 aromatic rings. The van der Waals surface area contributed by atoms with Gasteiger partial charge < -0.3 is 30.0 Å². The molecular weight excluding hydrogens is 168 g/mol. The van der Waals surface area contributed by atoms with Crippen LogP contribution in [0.4, 0.5) is 0 Å². The minimum absolute atomic E-state index is 0.253. The van der Waals surface area contributed by atoms with Crippen LogP contribution in [-0.2, 0) is 9.53 Å². The van der Waals surface area contributed by atoms with E-state index in [2.05, 4.69) is 4.74 Å². The summed E-state index contributed by atoms with van der Waals surface area (Å²) in [4.78, 5) is 10.2. The van der Waals surface area contributed by atoms with Gasteiger partial charge in [0.1, 0.15) is 24.4 Å². The third-order valence-corrected chi connectivity index (χ3v) is 1.76. The van der Waals surface area contributed by atoms with E-state index in [0.29, 0.717) is 0 Å². The minimum atomic E-state index is -1.64. The zero-order valence-corrected chi connectivity index (χ0v) is 6.07. The molecule has 70 valence electrons. The summed E-state index contributed by atoms with van der Waals surface area (Å²) >= 11 is 0. The average molecular weight is 178 g/mol. The summed E-state index contributed by atoms with van der Waals surface area (Å²) < 4.78 is 4.46. The van der Waals surface area contributed by atoms with Crippen LogP contribution in [0, 0.1) is 0 Å². The highest BCUT2D eigenvalue weighted by Crippen LogP contribution is 2.18. The molecule has 6 heteroatoms. The largest absolute Gasteiger partial charge is 0.387 e. The first-order valence-corrected chi connectivity index (χ1v) is 3.41. The molecule has 0 amide bonds. The van der Waals surface area contributed by atoms with Crippen molar-refractivity contribution in [1.82, 2.24) is 0 Å². The topological polar surface area (TPSA) is 107 Å². The van der Waals surface area contributed by atoms with Gasteiger partial charge in [-0.2, -0.15) is 0 Å². The molecule has 6 nitrogen and oxygen atoms in total. The maximum absolute atomic E-state index is 10.2. The lowest BCUT2D eigenvalue weighted by Crippen LogP contribution is -2.57. The fourth-order valence-electron chi connectivity index (χ4n) is 1.000. The van der Waals surface area contributed by atoms with Crippen LogP contribution < -0.4 is 0 Å². The Kier molecular flexibility index (Phi) is 2.76. The molecule has 4 N–H and O–H groups in total. The predicted molar refractivity (Wildman–Crippen MR) is 35.0 cm³/mol. The Balaban J connectivity index is 2.70. The van der Waals surface area contributed by atoms with Gasteiger partial charge in [-0.15, -0.1) is 0 Å². The van der Waals surface area contributed by atoms with Gasteiger partial charge in [-0.1, -0.05) is 0 Å². The van der Waals surface area contributed by atoms with E-state index in [1.807, 2.05) is 0 Å². The zero-order valence-electron chi connectivity index (χ0n) is 6.07. The van der Waals surface area contributed by atoms with E-state index in [1.54, 1.807) is 0 Å². The van der Waals surface area contributed by atoms with Crippen molar-refractivity contribution in [3.63, 3.8) is 0 Å². The smallest absolute Gasteiger partial charge is 0.184 e. The number of hydrogen-bond donors (Lipinski definition) is 4. The number of aliphatic hydroxyl groups is 4. The molecule has 1 unspecified atom stereocenters. The summed E-state index contributed by atoms with van der Waals surface area (Å²) in [7, 11) is 0. The molecule has 0 aromatic heterocycles. The number of aliphatic hydroxyl groups excluding tert-OH is 4. The van der Waals surface area contributed by atoms with E-state index >= 15 is 0 Å². The fraction of sp³-hybridized carbons (Fsp3) is 0.833.